The van der Waals surface area contributed by atoms with Crippen molar-refractivity contribution in [3.63, 3.8) is 0 Å². The predicted octanol–water partition coefficient (Wildman–Crippen LogP) is 9.57. The van der Waals surface area contributed by atoms with Gasteiger partial charge < -0.3 is 20.4 Å². The van der Waals surface area contributed by atoms with Crippen molar-refractivity contribution in [3.8, 4) is 11.1 Å². The van der Waals surface area contributed by atoms with Crippen LogP contribution < -0.4 is 14.9 Å². The number of carbonyl (C=O) groups is 1. The van der Waals surface area contributed by atoms with Crippen LogP contribution in [0.4, 0.5) is 17.1 Å². The molecule has 2 saturated heterocycles. The number of carbonyl (C=O) groups excluding carboxylic acids is 1. The van der Waals surface area contributed by atoms with Crippen molar-refractivity contribution in [2.24, 2.45) is 0 Å². The number of likely N-dealkylation sites (N-methyl/N-ethyl adjacent to an activating group) is 1. The van der Waals surface area contributed by atoms with E-state index in [0.29, 0.717) is 22.7 Å². The first-order chi connectivity index (χ1) is 27.9. The molecular formula is C44H49ClN7O3S2W-. The zero-order valence-corrected chi connectivity index (χ0v) is 37.9. The summed E-state index contributed by atoms with van der Waals surface area (Å²) in [6, 6.07) is 39.1. The quantitative estimate of drug-likeness (QED) is 0.0370. The Bertz CT molecular complexity index is 2030. The molecule has 5 aromatic carbocycles. The number of nitro benzene ring substituents is 1. The van der Waals surface area contributed by atoms with Crippen molar-refractivity contribution in [1.82, 2.24) is 14.5 Å². The number of nitro groups is 1. The van der Waals surface area contributed by atoms with Gasteiger partial charge in [-0.25, -0.2) is 0 Å². The molecule has 14 heteroatoms. The molecule has 58 heavy (non-hydrogen) atoms. The van der Waals surface area contributed by atoms with Crippen molar-refractivity contribution in [2.75, 3.05) is 81.4 Å². The monoisotopic (exact) mass is 1010 g/mol. The minimum atomic E-state index is -0.405. The topological polar surface area (TPSA) is 108 Å². The third-order valence-electron chi connectivity index (χ3n) is 9.89. The Kier molecular flexibility index (Phi) is 18.4. The van der Waals surface area contributed by atoms with Crippen LogP contribution >= 0.6 is 35.3 Å². The Balaban J connectivity index is 0.000000637. The minimum absolute atomic E-state index is 0. The molecule has 0 unspecified atom stereocenters. The van der Waals surface area contributed by atoms with Gasteiger partial charge in [0.1, 0.15) is 5.69 Å². The molecule has 10 nitrogen and oxygen atoms in total. The summed E-state index contributed by atoms with van der Waals surface area (Å²) in [5.41, 5.74) is 5.71. The van der Waals surface area contributed by atoms with E-state index in [1.54, 1.807) is 23.9 Å². The molecule has 7 rings (SSSR count). The summed E-state index contributed by atoms with van der Waals surface area (Å²) < 4.78 is 2.82. The molecule has 0 bridgehead atoms. The van der Waals surface area contributed by atoms with Gasteiger partial charge in [-0.3, -0.25) is 24.5 Å². The van der Waals surface area contributed by atoms with Crippen LogP contribution in [-0.4, -0.2) is 91.8 Å². The molecule has 0 radical (unpaired) electrons. The maximum atomic E-state index is 12.9. The average Bonchev–Trinajstić information content (AvgIpc) is 3.26. The molecule has 0 aliphatic carbocycles. The van der Waals surface area contributed by atoms with E-state index in [2.05, 4.69) is 73.4 Å². The average molecular weight is 1010 g/mol. The molecule has 5 aromatic rings. The first kappa shape index (κ1) is 45.2. The van der Waals surface area contributed by atoms with Crippen molar-refractivity contribution < 1.29 is 30.8 Å². The standard InChI is InChI=1S/C38H36ClN5O3S2.C6H13N2.W/c39-31-14-10-28(11-15-31)35-9-5-4-6-30(35)27-42-21-23-43(24-22-42)32-16-12-29(13-17-32)38(45)41-49-34-18-19-36(37(26-34)44(46)47)40-20-25-48-33-7-2-1-3-8-33;1-2-8-5-3-7-4-6-8;/h1-19,26,40H,20-25,27H2,(H,41,45);2-6H2,1H3;/q;-1;. The number of hydrogen-bond acceptors (Lipinski definition) is 9. The molecule has 0 atom stereocenters. The maximum Gasteiger partial charge on any atom is 0.293 e. The second kappa shape index (κ2) is 23.7. The third-order valence-corrected chi connectivity index (χ3v) is 11.9. The molecule has 0 saturated carbocycles. The van der Waals surface area contributed by atoms with Crippen LogP contribution in [0.15, 0.2) is 131 Å². The number of thioether (sulfide) groups is 1. The van der Waals surface area contributed by atoms with Crippen LogP contribution in [0.1, 0.15) is 22.8 Å². The number of halogens is 1. The van der Waals surface area contributed by atoms with Gasteiger partial charge in [0, 0.05) is 98.2 Å². The van der Waals surface area contributed by atoms with Crippen molar-refractivity contribution in [2.45, 2.75) is 23.3 Å². The fourth-order valence-electron chi connectivity index (χ4n) is 6.67. The number of piperazine rings is 2. The van der Waals surface area contributed by atoms with Crippen molar-refractivity contribution in [3.05, 3.63) is 153 Å². The van der Waals surface area contributed by atoms with Crippen LogP contribution in [0.25, 0.3) is 16.4 Å². The van der Waals surface area contributed by atoms with Crippen LogP contribution in [0, 0.1) is 10.1 Å². The molecule has 1 amide bonds. The number of nitrogens with one attached hydrogen (secondary N) is 2. The summed E-state index contributed by atoms with van der Waals surface area (Å²) >= 11 is 8.86. The molecule has 2 fully saturated rings. The van der Waals surface area contributed by atoms with E-state index in [9.17, 15) is 14.9 Å². The van der Waals surface area contributed by atoms with E-state index in [-0.39, 0.29) is 32.7 Å². The van der Waals surface area contributed by atoms with Gasteiger partial charge in [-0.05, 0) is 109 Å². The number of anilines is 2. The first-order valence-corrected chi connectivity index (χ1v) is 21.5. The summed E-state index contributed by atoms with van der Waals surface area (Å²) in [5, 5.41) is 19.9. The maximum absolute atomic E-state index is 12.9. The Morgan fingerprint density at radius 1 is 0.810 bits per heavy atom. The summed E-state index contributed by atoms with van der Waals surface area (Å²) in [6.07, 6.45) is 0. The molecule has 2 heterocycles. The van der Waals surface area contributed by atoms with E-state index in [1.807, 2.05) is 66.7 Å². The minimum Gasteiger partial charge on any atom is -0.660 e. The number of rotatable bonds is 14. The summed E-state index contributed by atoms with van der Waals surface area (Å²) in [5.74, 6) is 0.507. The second-order valence-electron chi connectivity index (χ2n) is 13.6. The van der Waals surface area contributed by atoms with Gasteiger partial charge in [-0.1, -0.05) is 73.1 Å². The molecule has 0 spiro atoms. The number of amides is 1. The van der Waals surface area contributed by atoms with E-state index < -0.39 is 4.92 Å². The number of hydrogen-bond donors (Lipinski definition) is 2. The van der Waals surface area contributed by atoms with Gasteiger partial charge in [0.25, 0.3) is 11.6 Å². The van der Waals surface area contributed by atoms with Gasteiger partial charge >= 0.3 is 0 Å². The van der Waals surface area contributed by atoms with E-state index in [4.69, 9.17) is 11.6 Å². The predicted molar refractivity (Wildman–Crippen MR) is 238 cm³/mol. The fraction of sp³-hybridized carbons (Fsp3) is 0.295. The van der Waals surface area contributed by atoms with Crippen LogP contribution in [0.3, 0.4) is 0 Å². The van der Waals surface area contributed by atoms with Gasteiger partial charge in [0.15, 0.2) is 0 Å². The SMILES string of the molecule is CCN1CC[N-]CC1.O=C(NSc1ccc(NCCSc2ccccc2)c([N+](=O)[O-])c1)c1ccc(N2CCN(Cc3ccccc3-c3ccc(Cl)cc3)CC2)cc1.[W]. The Hall–Kier alpha value is -3.87. The zero-order chi connectivity index (χ0) is 39.8. The summed E-state index contributed by atoms with van der Waals surface area (Å²) in [6.45, 7) is 12.9. The van der Waals surface area contributed by atoms with E-state index >= 15 is 0 Å². The Morgan fingerprint density at radius 2 is 1.50 bits per heavy atom. The largest absolute Gasteiger partial charge is 0.660 e. The first-order valence-electron chi connectivity index (χ1n) is 19.3. The van der Waals surface area contributed by atoms with Gasteiger partial charge in [-0.15, -0.1) is 24.9 Å². The number of benzene rings is 5. The van der Waals surface area contributed by atoms with E-state index in [1.165, 1.54) is 36.8 Å². The van der Waals surface area contributed by atoms with Crippen LogP contribution in [0.5, 0.6) is 0 Å². The Morgan fingerprint density at radius 3 is 2.17 bits per heavy atom. The molecule has 2 aliphatic heterocycles. The van der Waals surface area contributed by atoms with Gasteiger partial charge in [-0.2, -0.15) is 0 Å². The van der Waals surface area contributed by atoms with Gasteiger partial charge in [0.05, 0.1) is 4.92 Å². The van der Waals surface area contributed by atoms with Crippen molar-refractivity contribution >= 4 is 58.3 Å². The summed E-state index contributed by atoms with van der Waals surface area (Å²) in [7, 11) is 0. The third kappa shape index (κ3) is 13.6. The van der Waals surface area contributed by atoms with Crippen molar-refractivity contribution in [1.29, 1.82) is 0 Å². The van der Waals surface area contributed by atoms with E-state index in [0.717, 1.165) is 84.7 Å². The molecule has 2 aliphatic rings. The Labute approximate surface area is 370 Å². The number of nitrogens with zero attached hydrogens (tertiary/aromatic N) is 5. The zero-order valence-electron chi connectivity index (χ0n) is 32.6. The van der Waals surface area contributed by atoms with Gasteiger partial charge in [0.2, 0.25) is 0 Å². The normalized spacial score (nSPS) is 14.4. The van der Waals surface area contributed by atoms with Crippen LogP contribution in [0.2, 0.25) is 5.02 Å². The fourth-order valence-corrected chi connectivity index (χ4v) is 8.22. The molecule has 2 N–H and O–H groups in total. The second-order valence-corrected chi connectivity index (χ2v) is 16.1. The summed E-state index contributed by atoms with van der Waals surface area (Å²) in [4.78, 5) is 33.3. The molecule has 0 aromatic heterocycles. The molecular weight excluding hydrogens is 958 g/mol. The smallest absolute Gasteiger partial charge is 0.293 e. The van der Waals surface area contributed by atoms with Crippen LogP contribution in [-0.2, 0) is 27.6 Å². The molecule has 304 valence electrons.